The molecule has 0 aliphatic rings. The van der Waals surface area contributed by atoms with Gasteiger partial charge < -0.3 is 5.73 Å². The quantitative estimate of drug-likeness (QED) is 0.719. The van der Waals surface area contributed by atoms with E-state index in [0.717, 1.165) is 0 Å². The molecule has 0 radical (unpaired) electrons. The Morgan fingerprint density at radius 2 is 2.00 bits per heavy atom. The van der Waals surface area contributed by atoms with Gasteiger partial charge in [0.15, 0.2) is 0 Å². The molecule has 0 aromatic carbocycles. The monoisotopic (exact) mass is 218 g/mol. The first-order valence-electron chi connectivity index (χ1n) is 5.02. The van der Waals surface area contributed by atoms with Crippen molar-refractivity contribution in [3.63, 3.8) is 0 Å². The molecule has 2 aromatic rings. The van der Waals surface area contributed by atoms with Crippen molar-refractivity contribution in [1.82, 2.24) is 14.5 Å². The molecule has 0 unspecified atom stereocenters. The summed E-state index contributed by atoms with van der Waals surface area (Å²) in [6.07, 6.45) is 4.53. The summed E-state index contributed by atoms with van der Waals surface area (Å²) in [6.45, 7) is 5.84. The zero-order chi connectivity index (χ0) is 11.9. The molecule has 0 atom stereocenters. The molecule has 0 amide bonds. The number of pyridine rings is 1. The van der Waals surface area contributed by atoms with Crippen LogP contribution in [0.1, 0.15) is 20.8 Å². The Hall–Kier alpha value is -1.91. The lowest BCUT2D eigenvalue weighted by atomic mass is 10.1. The molecule has 2 heterocycles. The molecule has 0 aliphatic heterocycles. The van der Waals surface area contributed by atoms with E-state index in [1.807, 2.05) is 20.8 Å². The van der Waals surface area contributed by atoms with E-state index in [4.69, 9.17) is 5.73 Å². The molecule has 0 aliphatic carbocycles. The standard InChI is InChI=1S/C11H14N4O/c1-11(2,3)15-6-14-9-7(10(15)16)4-13-5-8(9)12/h4-6H,12H2,1-3H3. The Morgan fingerprint density at radius 3 is 2.62 bits per heavy atom. The third-order valence-electron chi connectivity index (χ3n) is 2.42. The predicted octanol–water partition coefficient (Wildman–Crippen LogP) is 1.13. The van der Waals surface area contributed by atoms with Crippen LogP contribution in [0.25, 0.3) is 10.9 Å². The zero-order valence-corrected chi connectivity index (χ0v) is 9.56. The van der Waals surface area contributed by atoms with Gasteiger partial charge in [-0.25, -0.2) is 4.98 Å². The maximum absolute atomic E-state index is 12.2. The molecule has 0 spiro atoms. The van der Waals surface area contributed by atoms with Gasteiger partial charge in [0.1, 0.15) is 5.52 Å². The highest BCUT2D eigenvalue weighted by molar-refractivity contribution is 5.86. The van der Waals surface area contributed by atoms with Gasteiger partial charge in [0, 0.05) is 11.7 Å². The first-order chi connectivity index (χ1) is 7.41. The second-order valence-electron chi connectivity index (χ2n) is 4.72. The highest BCUT2D eigenvalue weighted by atomic mass is 16.1. The minimum atomic E-state index is -0.303. The molecule has 0 fully saturated rings. The lowest BCUT2D eigenvalue weighted by Gasteiger charge is -2.21. The molecule has 5 heteroatoms. The maximum atomic E-state index is 12.2. The van der Waals surface area contributed by atoms with E-state index in [0.29, 0.717) is 16.6 Å². The first-order valence-corrected chi connectivity index (χ1v) is 5.02. The number of nitrogens with zero attached hydrogens (tertiary/aromatic N) is 3. The summed E-state index contributed by atoms with van der Waals surface area (Å²) < 4.78 is 1.58. The average Bonchev–Trinajstić information content (AvgIpc) is 2.18. The van der Waals surface area contributed by atoms with Gasteiger partial charge in [0.2, 0.25) is 0 Å². The SMILES string of the molecule is CC(C)(C)n1cnc2c(N)cncc2c1=O. The van der Waals surface area contributed by atoms with Gasteiger partial charge in [0.25, 0.3) is 5.56 Å². The van der Waals surface area contributed by atoms with Gasteiger partial charge >= 0.3 is 0 Å². The van der Waals surface area contributed by atoms with Crippen LogP contribution in [0.4, 0.5) is 5.69 Å². The Bertz CT molecular complexity index is 595. The molecule has 0 bridgehead atoms. The highest BCUT2D eigenvalue weighted by Gasteiger charge is 2.16. The summed E-state index contributed by atoms with van der Waals surface area (Å²) in [4.78, 5) is 20.3. The number of rotatable bonds is 0. The van der Waals surface area contributed by atoms with Crippen molar-refractivity contribution in [2.45, 2.75) is 26.3 Å². The Balaban J connectivity index is 2.87. The number of nitrogen functional groups attached to an aromatic ring is 1. The van der Waals surface area contributed by atoms with Crippen molar-refractivity contribution in [1.29, 1.82) is 0 Å². The molecule has 84 valence electrons. The number of aromatic nitrogens is 3. The highest BCUT2D eigenvalue weighted by Crippen LogP contribution is 2.15. The van der Waals surface area contributed by atoms with Crippen molar-refractivity contribution in [3.05, 3.63) is 29.1 Å². The summed E-state index contributed by atoms with van der Waals surface area (Å²) in [5.74, 6) is 0. The van der Waals surface area contributed by atoms with Crippen LogP contribution in [0, 0.1) is 0 Å². The van der Waals surface area contributed by atoms with Gasteiger partial charge in [-0.3, -0.25) is 14.3 Å². The normalized spacial score (nSPS) is 11.9. The third-order valence-corrected chi connectivity index (χ3v) is 2.42. The van der Waals surface area contributed by atoms with E-state index in [-0.39, 0.29) is 11.1 Å². The van der Waals surface area contributed by atoms with Crippen LogP contribution in [0.15, 0.2) is 23.5 Å². The van der Waals surface area contributed by atoms with Crippen molar-refractivity contribution in [3.8, 4) is 0 Å². The summed E-state index contributed by atoms with van der Waals surface area (Å²) in [5.41, 5.74) is 6.24. The fraction of sp³-hybridized carbons (Fsp3) is 0.364. The Morgan fingerprint density at radius 1 is 1.31 bits per heavy atom. The Kier molecular flexibility index (Phi) is 2.18. The van der Waals surface area contributed by atoms with E-state index in [1.165, 1.54) is 18.7 Å². The molecule has 16 heavy (non-hydrogen) atoms. The van der Waals surface area contributed by atoms with Crippen LogP contribution in [-0.2, 0) is 5.54 Å². The maximum Gasteiger partial charge on any atom is 0.263 e. The molecule has 5 nitrogen and oxygen atoms in total. The molecule has 0 saturated carbocycles. The largest absolute Gasteiger partial charge is 0.396 e. The average molecular weight is 218 g/mol. The summed E-state index contributed by atoms with van der Waals surface area (Å²) in [5, 5.41) is 0.456. The second kappa shape index (κ2) is 3.30. The molecular weight excluding hydrogens is 204 g/mol. The van der Waals surface area contributed by atoms with Gasteiger partial charge in [-0.1, -0.05) is 0 Å². The number of hydrogen-bond acceptors (Lipinski definition) is 4. The van der Waals surface area contributed by atoms with Gasteiger partial charge in [-0.05, 0) is 20.8 Å². The van der Waals surface area contributed by atoms with Crippen LogP contribution in [-0.4, -0.2) is 14.5 Å². The van der Waals surface area contributed by atoms with Crippen LogP contribution < -0.4 is 11.3 Å². The fourth-order valence-electron chi connectivity index (χ4n) is 1.55. The molecule has 0 saturated heterocycles. The lowest BCUT2D eigenvalue weighted by molar-refractivity contribution is 0.382. The van der Waals surface area contributed by atoms with E-state index < -0.39 is 0 Å². The fourth-order valence-corrected chi connectivity index (χ4v) is 1.55. The Labute approximate surface area is 92.9 Å². The van der Waals surface area contributed by atoms with Crippen LogP contribution in [0.2, 0.25) is 0 Å². The van der Waals surface area contributed by atoms with Gasteiger partial charge in [0.05, 0.1) is 23.6 Å². The minimum absolute atomic E-state index is 0.114. The third kappa shape index (κ3) is 1.54. The van der Waals surface area contributed by atoms with Crippen molar-refractivity contribution in [2.24, 2.45) is 0 Å². The molecule has 2 N–H and O–H groups in total. The summed E-state index contributed by atoms with van der Waals surface area (Å²) in [6, 6.07) is 0. The van der Waals surface area contributed by atoms with Crippen LogP contribution >= 0.6 is 0 Å². The van der Waals surface area contributed by atoms with Crippen molar-refractivity contribution < 1.29 is 0 Å². The topological polar surface area (TPSA) is 73.8 Å². The van der Waals surface area contributed by atoms with Crippen molar-refractivity contribution >= 4 is 16.6 Å². The van der Waals surface area contributed by atoms with E-state index >= 15 is 0 Å². The number of anilines is 1. The van der Waals surface area contributed by atoms with E-state index in [9.17, 15) is 4.79 Å². The second-order valence-corrected chi connectivity index (χ2v) is 4.72. The number of hydrogen-bond donors (Lipinski definition) is 1. The predicted molar refractivity (Wildman–Crippen MR) is 63.2 cm³/mol. The minimum Gasteiger partial charge on any atom is -0.396 e. The van der Waals surface area contributed by atoms with Gasteiger partial charge in [-0.15, -0.1) is 0 Å². The van der Waals surface area contributed by atoms with E-state index in [1.54, 1.807) is 4.57 Å². The van der Waals surface area contributed by atoms with Crippen LogP contribution in [0.3, 0.4) is 0 Å². The smallest absolute Gasteiger partial charge is 0.263 e. The summed E-state index contributed by atoms with van der Waals surface area (Å²) >= 11 is 0. The van der Waals surface area contributed by atoms with Gasteiger partial charge in [-0.2, -0.15) is 0 Å². The lowest BCUT2D eigenvalue weighted by Crippen LogP contribution is -2.34. The molecular formula is C11H14N4O. The van der Waals surface area contributed by atoms with E-state index in [2.05, 4.69) is 9.97 Å². The number of fused-ring (bicyclic) bond motifs is 1. The molecule has 2 aromatic heterocycles. The zero-order valence-electron chi connectivity index (χ0n) is 9.56. The summed E-state index contributed by atoms with van der Waals surface area (Å²) in [7, 11) is 0. The first kappa shape index (κ1) is 10.6. The molecule has 2 rings (SSSR count). The number of nitrogens with two attached hydrogens (primary N) is 1. The van der Waals surface area contributed by atoms with Crippen LogP contribution in [0.5, 0.6) is 0 Å². The van der Waals surface area contributed by atoms with Crippen molar-refractivity contribution in [2.75, 3.05) is 5.73 Å².